The summed E-state index contributed by atoms with van der Waals surface area (Å²) in [5.74, 6) is 2.16. The van der Waals surface area contributed by atoms with Gasteiger partial charge in [-0.15, -0.1) is 0 Å². The fourth-order valence-corrected chi connectivity index (χ4v) is 2.48. The van der Waals surface area contributed by atoms with Crippen LogP contribution in [-0.4, -0.2) is 10.7 Å². The molecule has 2 aromatic rings. The van der Waals surface area contributed by atoms with Crippen LogP contribution in [0.25, 0.3) is 10.9 Å². The summed E-state index contributed by atoms with van der Waals surface area (Å²) >= 11 is 8.06. The highest BCUT2D eigenvalue weighted by molar-refractivity contribution is 7.98. The molecule has 0 spiro atoms. The quantitative estimate of drug-likeness (QED) is 0.833. The molecule has 74 valence electrons. The molecule has 0 saturated carbocycles. The van der Waals surface area contributed by atoms with E-state index in [9.17, 15) is 0 Å². The summed E-state index contributed by atoms with van der Waals surface area (Å²) in [6.07, 6.45) is 2.05. The Balaban J connectivity index is 2.45. The van der Waals surface area contributed by atoms with Gasteiger partial charge in [0.2, 0.25) is 0 Å². The van der Waals surface area contributed by atoms with E-state index in [-0.39, 0.29) is 0 Å². The van der Waals surface area contributed by atoms with Crippen molar-refractivity contribution in [3.8, 4) is 0 Å². The van der Waals surface area contributed by atoms with Crippen LogP contribution in [0.4, 0.5) is 0 Å². The molecule has 2 rings (SSSR count). The molecule has 0 radical (unpaired) electrons. The normalized spacial score (nSPS) is 11.0. The standard InChI is InChI=1S/C11H12ClNS/c1-2-14-7-8-6-13-10-5-3-4-9(12)11(8)10/h3-6,13H,2,7H2,1H3. The molecule has 1 N–H and O–H groups in total. The Morgan fingerprint density at radius 2 is 2.29 bits per heavy atom. The lowest BCUT2D eigenvalue weighted by Crippen LogP contribution is -1.78. The van der Waals surface area contributed by atoms with Gasteiger partial charge in [-0.25, -0.2) is 0 Å². The molecule has 0 bridgehead atoms. The number of hydrogen-bond donors (Lipinski definition) is 1. The second-order valence-corrected chi connectivity index (χ2v) is 4.79. The lowest BCUT2D eigenvalue weighted by Gasteiger charge is -1.99. The van der Waals surface area contributed by atoms with Gasteiger partial charge in [0.25, 0.3) is 0 Å². The molecule has 0 saturated heterocycles. The largest absolute Gasteiger partial charge is 0.361 e. The van der Waals surface area contributed by atoms with Gasteiger partial charge in [-0.2, -0.15) is 11.8 Å². The first-order chi connectivity index (χ1) is 6.83. The van der Waals surface area contributed by atoms with Gasteiger partial charge < -0.3 is 4.98 Å². The molecule has 0 aliphatic heterocycles. The maximum Gasteiger partial charge on any atom is 0.0502 e. The van der Waals surface area contributed by atoms with E-state index in [1.54, 1.807) is 0 Å². The summed E-state index contributed by atoms with van der Waals surface area (Å²) in [5.41, 5.74) is 2.43. The lowest BCUT2D eigenvalue weighted by atomic mass is 10.2. The van der Waals surface area contributed by atoms with Gasteiger partial charge in [0, 0.05) is 22.9 Å². The van der Waals surface area contributed by atoms with Crippen molar-refractivity contribution < 1.29 is 0 Å². The van der Waals surface area contributed by atoms with Crippen LogP contribution >= 0.6 is 23.4 Å². The van der Waals surface area contributed by atoms with E-state index in [1.165, 1.54) is 10.9 Å². The number of fused-ring (bicyclic) bond motifs is 1. The zero-order valence-corrected chi connectivity index (χ0v) is 9.58. The second kappa shape index (κ2) is 4.28. The third-order valence-corrected chi connectivity index (χ3v) is 3.44. The van der Waals surface area contributed by atoms with E-state index in [0.717, 1.165) is 22.0 Å². The maximum atomic E-state index is 6.15. The topological polar surface area (TPSA) is 15.8 Å². The van der Waals surface area contributed by atoms with Crippen LogP contribution in [0.1, 0.15) is 12.5 Å². The van der Waals surface area contributed by atoms with Crippen LogP contribution in [0.3, 0.4) is 0 Å². The molecule has 14 heavy (non-hydrogen) atoms. The zero-order chi connectivity index (χ0) is 9.97. The minimum atomic E-state index is 0.843. The molecular formula is C11H12ClNS. The molecular weight excluding hydrogens is 214 g/mol. The highest BCUT2D eigenvalue weighted by Gasteiger charge is 2.06. The molecule has 1 aromatic carbocycles. The predicted octanol–water partition coefficient (Wildman–Crippen LogP) is 4.07. The summed E-state index contributed by atoms with van der Waals surface area (Å²) in [6, 6.07) is 5.97. The van der Waals surface area contributed by atoms with Crippen molar-refractivity contribution in [3.05, 3.63) is 35.0 Å². The van der Waals surface area contributed by atoms with Crippen LogP contribution in [0.5, 0.6) is 0 Å². The van der Waals surface area contributed by atoms with E-state index in [0.29, 0.717) is 0 Å². The smallest absolute Gasteiger partial charge is 0.0502 e. The van der Waals surface area contributed by atoms with Crippen molar-refractivity contribution in [1.82, 2.24) is 4.98 Å². The summed E-state index contributed by atoms with van der Waals surface area (Å²) in [4.78, 5) is 3.24. The average Bonchev–Trinajstić information content (AvgIpc) is 2.59. The Bertz CT molecular complexity index is 436. The van der Waals surface area contributed by atoms with Gasteiger partial charge in [0.15, 0.2) is 0 Å². The molecule has 1 aromatic heterocycles. The lowest BCUT2D eigenvalue weighted by molar-refractivity contribution is 1.39. The predicted molar refractivity (Wildman–Crippen MR) is 65.1 cm³/mol. The molecule has 0 aliphatic rings. The van der Waals surface area contributed by atoms with Crippen molar-refractivity contribution >= 4 is 34.3 Å². The fourth-order valence-electron chi connectivity index (χ4n) is 1.53. The SMILES string of the molecule is CCSCc1c[nH]c2cccc(Cl)c12. The highest BCUT2D eigenvalue weighted by atomic mass is 35.5. The van der Waals surface area contributed by atoms with Crippen molar-refractivity contribution in [2.75, 3.05) is 5.75 Å². The van der Waals surface area contributed by atoms with Gasteiger partial charge in [0.1, 0.15) is 0 Å². The minimum Gasteiger partial charge on any atom is -0.361 e. The Hall–Kier alpha value is -0.600. The number of aromatic nitrogens is 1. The van der Waals surface area contributed by atoms with E-state index in [2.05, 4.69) is 24.2 Å². The van der Waals surface area contributed by atoms with Crippen LogP contribution in [0, 0.1) is 0 Å². The molecule has 0 unspecified atom stereocenters. The molecule has 3 heteroatoms. The summed E-state index contributed by atoms with van der Waals surface area (Å²) in [5, 5.41) is 2.02. The maximum absolute atomic E-state index is 6.15. The molecule has 0 fully saturated rings. The fraction of sp³-hybridized carbons (Fsp3) is 0.273. The Morgan fingerprint density at radius 3 is 3.07 bits per heavy atom. The van der Waals surface area contributed by atoms with E-state index in [1.807, 2.05) is 23.9 Å². The van der Waals surface area contributed by atoms with Gasteiger partial charge in [0.05, 0.1) is 5.02 Å². The Kier molecular flexibility index (Phi) is 3.04. The van der Waals surface area contributed by atoms with Gasteiger partial charge in [-0.3, -0.25) is 0 Å². The number of halogens is 1. The Labute approximate surface area is 92.8 Å². The third-order valence-electron chi connectivity index (χ3n) is 2.20. The van der Waals surface area contributed by atoms with Crippen molar-refractivity contribution in [3.63, 3.8) is 0 Å². The number of aromatic amines is 1. The van der Waals surface area contributed by atoms with E-state index < -0.39 is 0 Å². The monoisotopic (exact) mass is 225 g/mol. The van der Waals surface area contributed by atoms with Crippen LogP contribution in [-0.2, 0) is 5.75 Å². The number of hydrogen-bond acceptors (Lipinski definition) is 1. The molecule has 1 nitrogen and oxygen atoms in total. The van der Waals surface area contributed by atoms with Gasteiger partial charge in [-0.05, 0) is 23.4 Å². The number of nitrogens with one attached hydrogen (secondary N) is 1. The number of H-pyrrole nitrogens is 1. The highest BCUT2D eigenvalue weighted by Crippen LogP contribution is 2.28. The summed E-state index contributed by atoms with van der Waals surface area (Å²) < 4.78 is 0. The van der Waals surface area contributed by atoms with Crippen LogP contribution < -0.4 is 0 Å². The molecule has 0 aliphatic carbocycles. The number of thioether (sulfide) groups is 1. The van der Waals surface area contributed by atoms with Crippen LogP contribution in [0.2, 0.25) is 5.02 Å². The Morgan fingerprint density at radius 1 is 1.43 bits per heavy atom. The minimum absolute atomic E-state index is 0.843. The zero-order valence-electron chi connectivity index (χ0n) is 8.01. The third kappa shape index (κ3) is 1.77. The van der Waals surface area contributed by atoms with Gasteiger partial charge in [-0.1, -0.05) is 24.6 Å². The van der Waals surface area contributed by atoms with Crippen molar-refractivity contribution in [1.29, 1.82) is 0 Å². The summed E-state index contributed by atoms with van der Waals surface area (Å²) in [6.45, 7) is 2.17. The first-order valence-electron chi connectivity index (χ1n) is 4.65. The van der Waals surface area contributed by atoms with E-state index in [4.69, 9.17) is 11.6 Å². The molecule has 0 atom stereocenters. The first kappa shape index (κ1) is 9.94. The van der Waals surface area contributed by atoms with Gasteiger partial charge >= 0.3 is 0 Å². The second-order valence-electron chi connectivity index (χ2n) is 3.11. The first-order valence-corrected chi connectivity index (χ1v) is 6.18. The number of benzene rings is 1. The van der Waals surface area contributed by atoms with Crippen LogP contribution in [0.15, 0.2) is 24.4 Å². The van der Waals surface area contributed by atoms with Crippen molar-refractivity contribution in [2.45, 2.75) is 12.7 Å². The summed E-state index contributed by atoms with van der Waals surface area (Å²) in [7, 11) is 0. The molecule has 0 amide bonds. The number of rotatable bonds is 3. The average molecular weight is 226 g/mol. The molecule has 1 heterocycles. The van der Waals surface area contributed by atoms with E-state index >= 15 is 0 Å². The van der Waals surface area contributed by atoms with Crippen molar-refractivity contribution in [2.24, 2.45) is 0 Å².